The van der Waals surface area contributed by atoms with E-state index in [-0.39, 0.29) is 41.2 Å². The number of pyridine rings is 1. The van der Waals surface area contributed by atoms with Crippen LogP contribution in [0.5, 0.6) is 0 Å². The highest BCUT2D eigenvalue weighted by Crippen LogP contribution is 2.46. The minimum atomic E-state index is -0.114. The van der Waals surface area contributed by atoms with Crippen molar-refractivity contribution in [2.24, 2.45) is 5.73 Å². The molecule has 0 unspecified atom stereocenters. The molecule has 1 saturated carbocycles. The highest BCUT2D eigenvalue weighted by atomic mass is 35.5. The highest BCUT2D eigenvalue weighted by Gasteiger charge is 2.37. The summed E-state index contributed by atoms with van der Waals surface area (Å²) in [6.45, 7) is 9.50. The van der Waals surface area contributed by atoms with E-state index in [1.165, 1.54) is 41.5 Å². The van der Waals surface area contributed by atoms with Crippen LogP contribution in [0.2, 0.25) is 0 Å². The molecule has 0 radical (unpaired) electrons. The average molecular weight is 484 g/mol. The third kappa shape index (κ3) is 4.58. The van der Waals surface area contributed by atoms with E-state index >= 15 is 0 Å². The van der Waals surface area contributed by atoms with Gasteiger partial charge in [0.25, 0.3) is 0 Å². The summed E-state index contributed by atoms with van der Waals surface area (Å²) in [7, 11) is 0. The van der Waals surface area contributed by atoms with Crippen molar-refractivity contribution in [3.63, 3.8) is 0 Å². The molecular weight excluding hydrogens is 447 g/mol. The van der Waals surface area contributed by atoms with E-state index in [4.69, 9.17) is 10.7 Å². The van der Waals surface area contributed by atoms with Crippen LogP contribution in [0.1, 0.15) is 76.5 Å². The van der Waals surface area contributed by atoms with Gasteiger partial charge in [-0.15, -0.1) is 24.8 Å². The topological polar surface area (TPSA) is 38.9 Å². The predicted octanol–water partition coefficient (Wildman–Crippen LogP) is 7.95. The lowest BCUT2D eigenvalue weighted by Gasteiger charge is -2.42. The van der Waals surface area contributed by atoms with E-state index < -0.39 is 0 Å². The summed E-state index contributed by atoms with van der Waals surface area (Å²) >= 11 is 0. The van der Waals surface area contributed by atoms with Gasteiger partial charge in [0.15, 0.2) is 0 Å². The summed E-state index contributed by atoms with van der Waals surface area (Å²) in [5.41, 5.74) is 15.4. The molecule has 2 nitrogen and oxygen atoms in total. The number of aromatic nitrogens is 1. The minimum absolute atomic E-state index is 0. The van der Waals surface area contributed by atoms with Crippen molar-refractivity contribution in [1.82, 2.24) is 4.98 Å². The van der Waals surface area contributed by atoms with Gasteiger partial charge in [-0.2, -0.15) is 0 Å². The van der Waals surface area contributed by atoms with Gasteiger partial charge >= 0.3 is 0 Å². The zero-order valence-corrected chi connectivity index (χ0v) is 21.8. The molecule has 2 aromatic carbocycles. The Morgan fingerprint density at radius 1 is 0.667 bits per heavy atom. The van der Waals surface area contributed by atoms with Crippen molar-refractivity contribution >= 4 is 24.8 Å². The Balaban J connectivity index is 0.00000153. The van der Waals surface area contributed by atoms with Crippen LogP contribution in [0.25, 0.3) is 22.5 Å². The summed E-state index contributed by atoms with van der Waals surface area (Å²) in [5, 5.41) is 0. The lowest BCUT2D eigenvalue weighted by molar-refractivity contribution is 0.253. The van der Waals surface area contributed by atoms with Gasteiger partial charge in [0.1, 0.15) is 0 Å². The minimum Gasteiger partial charge on any atom is -0.321 e. The van der Waals surface area contributed by atoms with Crippen molar-refractivity contribution < 1.29 is 0 Å². The number of halogens is 2. The molecule has 0 saturated heterocycles. The van der Waals surface area contributed by atoms with E-state index in [2.05, 4.69) is 88.4 Å². The van der Waals surface area contributed by atoms with Crippen molar-refractivity contribution in [2.45, 2.75) is 76.2 Å². The van der Waals surface area contributed by atoms with Gasteiger partial charge in [0.05, 0.1) is 11.4 Å². The van der Waals surface area contributed by atoms with Crippen LogP contribution >= 0.6 is 24.8 Å². The maximum absolute atomic E-state index is 6.49. The summed E-state index contributed by atoms with van der Waals surface area (Å²) in [4.78, 5) is 5.04. The molecule has 1 aromatic heterocycles. The van der Waals surface area contributed by atoms with E-state index in [1.54, 1.807) is 0 Å². The van der Waals surface area contributed by atoms with E-state index in [1.807, 2.05) is 0 Å². The molecule has 2 aliphatic rings. The van der Waals surface area contributed by atoms with Crippen LogP contribution in [0.4, 0.5) is 0 Å². The molecule has 0 spiro atoms. The fourth-order valence-electron chi connectivity index (χ4n) is 5.32. The molecule has 3 aromatic rings. The molecule has 0 bridgehead atoms. The fraction of sp³-hybridized carbons (Fsp3) is 0.414. The first-order valence-corrected chi connectivity index (χ1v) is 11.7. The van der Waals surface area contributed by atoms with E-state index in [0.29, 0.717) is 0 Å². The van der Waals surface area contributed by atoms with Gasteiger partial charge < -0.3 is 5.73 Å². The van der Waals surface area contributed by atoms with Crippen molar-refractivity contribution in [3.8, 4) is 22.5 Å². The van der Waals surface area contributed by atoms with Gasteiger partial charge in [0, 0.05) is 16.7 Å². The lowest BCUT2D eigenvalue weighted by Crippen LogP contribution is -2.43. The largest absolute Gasteiger partial charge is 0.321 e. The van der Waals surface area contributed by atoms with Crippen molar-refractivity contribution in [2.75, 3.05) is 0 Å². The molecule has 0 amide bonds. The first kappa shape index (κ1) is 25.7. The van der Waals surface area contributed by atoms with Gasteiger partial charge in [-0.05, 0) is 77.8 Å². The highest BCUT2D eigenvalue weighted by molar-refractivity contribution is 5.85. The Kier molecular flexibility index (Phi) is 7.07. The third-order valence-electron chi connectivity index (χ3n) is 7.90. The maximum Gasteiger partial charge on any atom is 0.0709 e. The molecule has 2 N–H and O–H groups in total. The molecular formula is C29H36Cl2N2. The standard InChI is InChI=1S/C29H34N2.2ClH/c1-27(2)17-18-28(3,4)24-19-21(11-14-23(24)27)26-8-5-7-25(31-26)20-9-12-22(13-10-20)29(30)15-6-16-29;;/h5,7-14,19H,6,15-18,30H2,1-4H3;2*1H. The van der Waals surface area contributed by atoms with E-state index in [0.717, 1.165) is 29.8 Å². The second-order valence-corrected chi connectivity index (χ2v) is 11.0. The summed E-state index contributed by atoms with van der Waals surface area (Å²) in [5.74, 6) is 0. The number of rotatable bonds is 3. The van der Waals surface area contributed by atoms with Crippen molar-refractivity contribution in [3.05, 3.63) is 77.4 Å². The molecule has 1 heterocycles. The number of nitrogens with two attached hydrogens (primary N) is 1. The Hall–Kier alpha value is -1.87. The average Bonchev–Trinajstić information content (AvgIpc) is 2.75. The third-order valence-corrected chi connectivity index (χ3v) is 7.90. The van der Waals surface area contributed by atoms with Crippen LogP contribution in [-0.4, -0.2) is 4.98 Å². The Morgan fingerprint density at radius 3 is 1.79 bits per heavy atom. The number of nitrogens with zero attached hydrogens (tertiary/aromatic N) is 1. The SMILES string of the molecule is CC1(C)CCC(C)(C)c2cc(-c3cccc(-c4ccc(C5(N)CCC5)cc4)n3)ccc21.Cl.Cl. The first-order valence-electron chi connectivity index (χ1n) is 11.7. The molecule has 0 atom stereocenters. The number of hydrogen-bond donors (Lipinski definition) is 1. The molecule has 4 heteroatoms. The quantitative estimate of drug-likeness (QED) is 0.411. The molecule has 176 valence electrons. The molecule has 33 heavy (non-hydrogen) atoms. The Bertz CT molecular complexity index is 1130. The summed E-state index contributed by atoms with van der Waals surface area (Å²) < 4.78 is 0. The lowest BCUT2D eigenvalue weighted by atomic mass is 9.63. The Labute approximate surface area is 211 Å². The van der Waals surface area contributed by atoms with Crippen LogP contribution in [0, 0.1) is 0 Å². The normalized spacial score (nSPS) is 19.3. The van der Waals surface area contributed by atoms with Gasteiger partial charge in [-0.25, -0.2) is 4.98 Å². The first-order chi connectivity index (χ1) is 14.7. The summed E-state index contributed by atoms with van der Waals surface area (Å²) in [6, 6.07) is 22.1. The monoisotopic (exact) mass is 482 g/mol. The Morgan fingerprint density at radius 2 is 1.21 bits per heavy atom. The number of fused-ring (bicyclic) bond motifs is 1. The predicted molar refractivity (Wildman–Crippen MR) is 145 cm³/mol. The van der Waals surface area contributed by atoms with Crippen LogP contribution in [0.3, 0.4) is 0 Å². The number of hydrogen-bond acceptors (Lipinski definition) is 2. The molecule has 1 fully saturated rings. The van der Waals surface area contributed by atoms with Crippen LogP contribution in [-0.2, 0) is 16.4 Å². The fourth-order valence-corrected chi connectivity index (χ4v) is 5.32. The zero-order valence-electron chi connectivity index (χ0n) is 20.2. The summed E-state index contributed by atoms with van der Waals surface area (Å²) in [6.07, 6.45) is 5.87. The van der Waals surface area contributed by atoms with E-state index in [9.17, 15) is 0 Å². The zero-order chi connectivity index (χ0) is 21.9. The second-order valence-electron chi connectivity index (χ2n) is 11.0. The van der Waals surface area contributed by atoms with Gasteiger partial charge in [-0.1, -0.05) is 70.2 Å². The maximum atomic E-state index is 6.49. The number of benzene rings is 2. The van der Waals surface area contributed by atoms with Crippen LogP contribution < -0.4 is 5.73 Å². The second kappa shape index (κ2) is 9.06. The van der Waals surface area contributed by atoms with Gasteiger partial charge in [0.2, 0.25) is 0 Å². The smallest absolute Gasteiger partial charge is 0.0709 e. The molecule has 5 rings (SSSR count). The molecule has 2 aliphatic carbocycles. The molecule has 0 aliphatic heterocycles. The van der Waals surface area contributed by atoms with Crippen molar-refractivity contribution in [1.29, 1.82) is 0 Å². The van der Waals surface area contributed by atoms with Crippen LogP contribution in [0.15, 0.2) is 60.7 Å². The van der Waals surface area contributed by atoms with Gasteiger partial charge in [-0.3, -0.25) is 0 Å².